The Morgan fingerprint density at radius 2 is 1.85 bits per heavy atom. The number of carbonyl (C=O) groups excluding carboxylic acids is 1. The van der Waals surface area contributed by atoms with Crippen LogP contribution in [0.1, 0.15) is 48.2 Å². The highest BCUT2D eigenvalue weighted by molar-refractivity contribution is 5.95. The molecule has 0 atom stereocenters. The molecule has 9 nitrogen and oxygen atoms in total. The van der Waals surface area contributed by atoms with Crippen molar-refractivity contribution in [2.24, 2.45) is 0 Å². The van der Waals surface area contributed by atoms with Crippen LogP contribution in [-0.4, -0.2) is 77.7 Å². The molecule has 2 heterocycles. The van der Waals surface area contributed by atoms with Crippen molar-refractivity contribution in [1.82, 2.24) is 24.7 Å². The predicted octanol–water partition coefficient (Wildman–Crippen LogP) is 3.41. The number of piperazine rings is 1. The molecule has 1 saturated heterocycles. The molecule has 1 aliphatic carbocycles. The number of hydrogen-bond donors (Lipinski definition) is 2. The van der Waals surface area contributed by atoms with E-state index in [1.165, 1.54) is 0 Å². The molecule has 2 fully saturated rings. The molecular weight excluding hydrogens is 504 g/mol. The molecule has 2 aliphatic rings. The standard InChI is InChI=1S/C31H40N6O3/c1-22-9-10-23(29(38)33-24-11-12-24)21-26(22)37-14-13-32-28(30(37)39)34-31(2,3)25-7-5-6-8-27(25)40-20-19-36-17-15-35(4)16-18-36/h5-10,13-14,21,24H,11-12,15-20H2,1-4H3,(H,32,34)(H,33,38). The zero-order chi connectivity index (χ0) is 28.3. The van der Waals surface area contributed by atoms with E-state index in [4.69, 9.17) is 4.74 Å². The lowest BCUT2D eigenvalue weighted by Crippen LogP contribution is -2.45. The van der Waals surface area contributed by atoms with Gasteiger partial charge in [-0.3, -0.25) is 19.1 Å². The maximum atomic E-state index is 13.7. The molecule has 212 valence electrons. The quantitative estimate of drug-likeness (QED) is 0.404. The van der Waals surface area contributed by atoms with Crippen LogP contribution >= 0.6 is 0 Å². The summed E-state index contributed by atoms with van der Waals surface area (Å²) in [5.74, 6) is 0.900. The largest absolute Gasteiger partial charge is 0.492 e. The van der Waals surface area contributed by atoms with Crippen molar-refractivity contribution < 1.29 is 9.53 Å². The number of likely N-dealkylation sites (N-methyl/N-ethyl adjacent to an activating group) is 1. The maximum Gasteiger partial charge on any atom is 0.297 e. The molecule has 0 unspecified atom stereocenters. The van der Waals surface area contributed by atoms with Crippen LogP contribution in [0.3, 0.4) is 0 Å². The Morgan fingerprint density at radius 1 is 1.10 bits per heavy atom. The number of amides is 1. The van der Waals surface area contributed by atoms with Gasteiger partial charge in [0.05, 0.1) is 11.2 Å². The average molecular weight is 545 g/mol. The molecule has 2 N–H and O–H groups in total. The molecule has 40 heavy (non-hydrogen) atoms. The number of ether oxygens (including phenoxy) is 1. The lowest BCUT2D eigenvalue weighted by Gasteiger charge is -2.32. The molecule has 5 rings (SSSR count). The van der Waals surface area contributed by atoms with Gasteiger partial charge in [0.2, 0.25) is 0 Å². The number of nitrogens with zero attached hydrogens (tertiary/aromatic N) is 4. The summed E-state index contributed by atoms with van der Waals surface area (Å²) in [6, 6.07) is 13.6. The molecule has 0 bridgehead atoms. The van der Waals surface area contributed by atoms with Crippen molar-refractivity contribution in [3.8, 4) is 11.4 Å². The maximum absolute atomic E-state index is 13.7. The zero-order valence-electron chi connectivity index (χ0n) is 23.9. The second-order valence-corrected chi connectivity index (χ2v) is 11.4. The first-order valence-electron chi connectivity index (χ1n) is 14.1. The summed E-state index contributed by atoms with van der Waals surface area (Å²) in [6.07, 6.45) is 5.28. The monoisotopic (exact) mass is 544 g/mol. The Hall–Kier alpha value is -3.69. The molecular formula is C31H40N6O3. The Morgan fingerprint density at radius 3 is 2.60 bits per heavy atom. The van der Waals surface area contributed by atoms with E-state index < -0.39 is 5.54 Å². The molecule has 3 aromatic rings. The summed E-state index contributed by atoms with van der Waals surface area (Å²) in [5, 5.41) is 6.39. The van der Waals surface area contributed by atoms with Gasteiger partial charge < -0.3 is 20.3 Å². The van der Waals surface area contributed by atoms with E-state index in [0.717, 1.165) is 62.4 Å². The van der Waals surface area contributed by atoms with Crippen molar-refractivity contribution in [2.75, 3.05) is 51.7 Å². The minimum atomic E-state index is -0.642. The first-order valence-corrected chi connectivity index (χ1v) is 14.1. The third-order valence-corrected chi connectivity index (χ3v) is 7.74. The summed E-state index contributed by atoms with van der Waals surface area (Å²) in [6.45, 7) is 11.7. The van der Waals surface area contributed by atoms with Crippen LogP contribution < -0.4 is 20.9 Å². The van der Waals surface area contributed by atoms with Crippen LogP contribution in [0.4, 0.5) is 5.82 Å². The summed E-state index contributed by atoms with van der Waals surface area (Å²) in [7, 11) is 2.16. The summed E-state index contributed by atoms with van der Waals surface area (Å²) in [4.78, 5) is 35.5. The van der Waals surface area contributed by atoms with E-state index in [1.54, 1.807) is 29.1 Å². The number of aromatic nitrogens is 2. The van der Waals surface area contributed by atoms with E-state index in [9.17, 15) is 9.59 Å². The minimum Gasteiger partial charge on any atom is -0.492 e. The van der Waals surface area contributed by atoms with Crippen LogP contribution in [0.2, 0.25) is 0 Å². The molecule has 9 heteroatoms. The van der Waals surface area contributed by atoms with Gasteiger partial charge in [0.1, 0.15) is 12.4 Å². The summed E-state index contributed by atoms with van der Waals surface area (Å²) < 4.78 is 7.81. The lowest BCUT2D eigenvalue weighted by molar-refractivity contribution is 0.0951. The third-order valence-electron chi connectivity index (χ3n) is 7.74. The van der Waals surface area contributed by atoms with E-state index in [-0.39, 0.29) is 23.3 Å². The Labute approximate surface area is 236 Å². The Kier molecular flexibility index (Phi) is 8.23. The molecule has 1 saturated carbocycles. The number of nitrogens with one attached hydrogen (secondary N) is 2. The lowest BCUT2D eigenvalue weighted by atomic mass is 9.93. The van der Waals surface area contributed by atoms with Gasteiger partial charge in [-0.2, -0.15) is 0 Å². The topological polar surface area (TPSA) is 91.7 Å². The van der Waals surface area contributed by atoms with Gasteiger partial charge in [-0.1, -0.05) is 24.3 Å². The number of benzene rings is 2. The van der Waals surface area contributed by atoms with Gasteiger partial charge in [0.25, 0.3) is 11.5 Å². The molecule has 1 aliphatic heterocycles. The van der Waals surface area contributed by atoms with E-state index in [1.807, 2.05) is 51.1 Å². The van der Waals surface area contributed by atoms with Crippen LogP contribution in [-0.2, 0) is 5.54 Å². The van der Waals surface area contributed by atoms with Gasteiger partial charge in [-0.15, -0.1) is 0 Å². The van der Waals surface area contributed by atoms with Crippen molar-refractivity contribution >= 4 is 11.7 Å². The molecule has 2 aromatic carbocycles. The second kappa shape index (κ2) is 11.8. The van der Waals surface area contributed by atoms with Crippen molar-refractivity contribution in [3.63, 3.8) is 0 Å². The number of carbonyl (C=O) groups is 1. The first-order chi connectivity index (χ1) is 19.2. The fourth-order valence-corrected chi connectivity index (χ4v) is 5.02. The normalized spacial score (nSPS) is 16.5. The third kappa shape index (κ3) is 6.54. The average Bonchev–Trinajstić information content (AvgIpc) is 3.75. The van der Waals surface area contributed by atoms with Gasteiger partial charge >= 0.3 is 0 Å². The second-order valence-electron chi connectivity index (χ2n) is 11.4. The van der Waals surface area contributed by atoms with Gasteiger partial charge in [0.15, 0.2) is 5.82 Å². The SMILES string of the molecule is Cc1ccc(C(=O)NC2CC2)cc1-n1ccnc(NC(C)(C)c2ccccc2OCCN2CCN(C)CC2)c1=O. The smallest absolute Gasteiger partial charge is 0.297 e. The number of aryl methyl sites for hydroxylation is 1. The zero-order valence-corrected chi connectivity index (χ0v) is 23.9. The molecule has 0 spiro atoms. The van der Waals surface area contributed by atoms with E-state index >= 15 is 0 Å². The van der Waals surface area contributed by atoms with Gasteiger partial charge in [-0.05, 0) is 64.4 Å². The van der Waals surface area contributed by atoms with Crippen molar-refractivity contribution in [1.29, 1.82) is 0 Å². The van der Waals surface area contributed by atoms with Crippen LogP contribution in [0.25, 0.3) is 5.69 Å². The van der Waals surface area contributed by atoms with Crippen molar-refractivity contribution in [3.05, 3.63) is 81.9 Å². The highest BCUT2D eigenvalue weighted by Crippen LogP contribution is 2.32. The molecule has 1 aromatic heterocycles. The van der Waals surface area contributed by atoms with E-state index in [0.29, 0.717) is 17.9 Å². The first kappa shape index (κ1) is 27.9. The highest BCUT2D eigenvalue weighted by atomic mass is 16.5. The van der Waals surface area contributed by atoms with Crippen LogP contribution in [0.5, 0.6) is 5.75 Å². The van der Waals surface area contributed by atoms with Gasteiger partial charge in [0, 0.05) is 62.3 Å². The predicted molar refractivity (Wildman–Crippen MR) is 158 cm³/mol. The fraction of sp³-hybridized carbons (Fsp3) is 0.452. The highest BCUT2D eigenvalue weighted by Gasteiger charge is 2.27. The molecule has 1 amide bonds. The Bertz CT molecular complexity index is 1410. The van der Waals surface area contributed by atoms with E-state index in [2.05, 4.69) is 32.5 Å². The van der Waals surface area contributed by atoms with Crippen LogP contribution in [0.15, 0.2) is 59.7 Å². The summed E-state index contributed by atoms with van der Waals surface area (Å²) >= 11 is 0. The Balaban J connectivity index is 1.33. The number of hydrogen-bond acceptors (Lipinski definition) is 7. The summed E-state index contributed by atoms with van der Waals surface area (Å²) in [5.41, 5.74) is 2.10. The number of para-hydroxylation sites is 1. The minimum absolute atomic E-state index is 0.116. The molecule has 0 radical (unpaired) electrons. The number of anilines is 1. The van der Waals surface area contributed by atoms with Crippen molar-refractivity contribution in [2.45, 2.75) is 45.2 Å². The fourth-order valence-electron chi connectivity index (χ4n) is 5.02. The van der Waals surface area contributed by atoms with Crippen LogP contribution in [0, 0.1) is 6.92 Å². The number of rotatable bonds is 10. The van der Waals surface area contributed by atoms with Gasteiger partial charge in [-0.25, -0.2) is 4.98 Å².